The van der Waals surface area contributed by atoms with E-state index in [1.165, 1.54) is 24.3 Å². The zero-order valence-corrected chi connectivity index (χ0v) is 16.3. The van der Waals surface area contributed by atoms with E-state index in [2.05, 4.69) is 9.71 Å². The average molecular weight is 400 g/mol. The lowest BCUT2D eigenvalue weighted by Crippen LogP contribution is -2.23. The third-order valence-corrected chi connectivity index (χ3v) is 5.55. The first-order valence-corrected chi connectivity index (χ1v) is 10.2. The minimum atomic E-state index is -3.56. The van der Waals surface area contributed by atoms with Crippen LogP contribution in [0.25, 0.3) is 11.5 Å². The van der Waals surface area contributed by atoms with Crippen molar-refractivity contribution in [1.82, 2.24) is 9.71 Å². The summed E-state index contributed by atoms with van der Waals surface area (Å²) in [5.41, 5.74) is 1.61. The molecule has 0 unspecified atom stereocenters. The van der Waals surface area contributed by atoms with Gasteiger partial charge in [0.25, 0.3) is 0 Å². The average Bonchev–Trinajstić information content (AvgIpc) is 3.07. The van der Waals surface area contributed by atoms with Gasteiger partial charge in [0, 0.05) is 12.1 Å². The number of aryl methyl sites for hydroxylation is 1. The molecule has 8 heteroatoms. The van der Waals surface area contributed by atoms with E-state index < -0.39 is 16.0 Å². The number of rotatable bonds is 7. The molecule has 3 aromatic rings. The van der Waals surface area contributed by atoms with E-state index in [0.29, 0.717) is 17.3 Å². The molecule has 0 aliphatic carbocycles. The molecule has 3 rings (SSSR count). The maximum Gasteiger partial charge on any atom is 0.338 e. The van der Waals surface area contributed by atoms with Crippen LogP contribution in [-0.4, -0.2) is 25.9 Å². The molecule has 0 bridgehead atoms. The second-order valence-corrected chi connectivity index (χ2v) is 7.76. The van der Waals surface area contributed by atoms with Crippen molar-refractivity contribution < 1.29 is 22.4 Å². The Morgan fingerprint density at radius 2 is 1.79 bits per heavy atom. The summed E-state index contributed by atoms with van der Waals surface area (Å²) in [5, 5.41) is 0. The maximum absolute atomic E-state index is 12.2. The molecule has 0 aliphatic rings. The molecule has 0 saturated heterocycles. The molecule has 0 saturated carbocycles. The van der Waals surface area contributed by atoms with Crippen LogP contribution in [0.4, 0.5) is 0 Å². The van der Waals surface area contributed by atoms with Crippen molar-refractivity contribution in [3.63, 3.8) is 0 Å². The Bertz CT molecular complexity index is 1060. The normalized spacial score (nSPS) is 11.4. The zero-order chi connectivity index (χ0) is 20.1. The molecular formula is C20H20N2O5S. The zero-order valence-electron chi connectivity index (χ0n) is 15.5. The number of benzene rings is 2. The van der Waals surface area contributed by atoms with E-state index in [-0.39, 0.29) is 23.6 Å². The van der Waals surface area contributed by atoms with Crippen LogP contribution in [0, 0.1) is 6.92 Å². The summed E-state index contributed by atoms with van der Waals surface area (Å²) in [6.07, 6.45) is 0. The fraction of sp³-hybridized carbons (Fsp3) is 0.200. The highest BCUT2D eigenvalue weighted by Crippen LogP contribution is 2.22. The summed E-state index contributed by atoms with van der Waals surface area (Å²) in [4.78, 5) is 16.7. The fourth-order valence-electron chi connectivity index (χ4n) is 2.53. The molecule has 7 nitrogen and oxygen atoms in total. The third kappa shape index (κ3) is 4.47. The highest BCUT2D eigenvalue weighted by Gasteiger charge is 2.16. The molecule has 146 valence electrons. The molecule has 1 heterocycles. The van der Waals surface area contributed by atoms with Crippen molar-refractivity contribution in [2.45, 2.75) is 25.3 Å². The van der Waals surface area contributed by atoms with E-state index in [9.17, 15) is 13.2 Å². The van der Waals surface area contributed by atoms with Gasteiger partial charge in [-0.15, -0.1) is 0 Å². The third-order valence-electron chi connectivity index (χ3n) is 3.99. The minimum absolute atomic E-state index is 0.0432. The van der Waals surface area contributed by atoms with Crippen LogP contribution in [0.1, 0.15) is 28.7 Å². The monoisotopic (exact) mass is 400 g/mol. The summed E-state index contributed by atoms with van der Waals surface area (Å²) in [6, 6.07) is 15.0. The van der Waals surface area contributed by atoms with Gasteiger partial charge in [-0.3, -0.25) is 0 Å². The van der Waals surface area contributed by atoms with Gasteiger partial charge >= 0.3 is 5.97 Å². The fourth-order valence-corrected chi connectivity index (χ4v) is 3.57. The summed E-state index contributed by atoms with van der Waals surface area (Å²) in [7, 11) is -3.56. The van der Waals surface area contributed by atoms with Gasteiger partial charge in [-0.1, -0.05) is 25.1 Å². The number of nitrogens with zero attached hydrogens (tertiary/aromatic N) is 1. The number of oxazole rings is 1. The Morgan fingerprint density at radius 3 is 2.43 bits per heavy atom. The van der Waals surface area contributed by atoms with Crippen LogP contribution >= 0.6 is 0 Å². The highest BCUT2D eigenvalue weighted by molar-refractivity contribution is 7.89. The van der Waals surface area contributed by atoms with Crippen molar-refractivity contribution in [2.24, 2.45) is 0 Å². The quantitative estimate of drug-likeness (QED) is 0.611. The van der Waals surface area contributed by atoms with Gasteiger partial charge in [0.05, 0.1) is 10.5 Å². The van der Waals surface area contributed by atoms with E-state index in [1.807, 2.05) is 30.3 Å². The number of ether oxygens (including phenoxy) is 1. The molecule has 2 aromatic carbocycles. The molecule has 0 fully saturated rings. The van der Waals surface area contributed by atoms with E-state index >= 15 is 0 Å². The molecular weight excluding hydrogens is 380 g/mol. The van der Waals surface area contributed by atoms with Crippen molar-refractivity contribution in [2.75, 3.05) is 6.54 Å². The standard InChI is InChI=1S/C20H20N2O5S/c1-3-21-28(24,25)17-11-9-16(10-12-17)20(23)26-13-18-14(2)27-19(22-18)15-7-5-4-6-8-15/h4-12,21H,3,13H2,1-2H3. The molecule has 28 heavy (non-hydrogen) atoms. The lowest BCUT2D eigenvalue weighted by molar-refractivity contribution is 0.0467. The first kappa shape index (κ1) is 19.8. The number of aromatic nitrogens is 1. The van der Waals surface area contributed by atoms with Gasteiger partial charge < -0.3 is 9.15 Å². The maximum atomic E-state index is 12.2. The summed E-state index contributed by atoms with van der Waals surface area (Å²) in [5.74, 6) is 0.455. The Balaban J connectivity index is 1.67. The minimum Gasteiger partial charge on any atom is -0.455 e. The molecule has 0 radical (unpaired) electrons. The predicted molar refractivity (Wildman–Crippen MR) is 103 cm³/mol. The highest BCUT2D eigenvalue weighted by atomic mass is 32.2. The second kappa shape index (κ2) is 8.37. The second-order valence-electron chi connectivity index (χ2n) is 5.99. The number of nitrogens with one attached hydrogen (secondary N) is 1. The van der Waals surface area contributed by atoms with Crippen LogP contribution in [0.15, 0.2) is 63.9 Å². The van der Waals surface area contributed by atoms with E-state index in [0.717, 1.165) is 5.56 Å². The Morgan fingerprint density at radius 1 is 1.11 bits per heavy atom. The predicted octanol–water partition coefficient (Wildman–Crippen LogP) is 3.31. The Kier molecular flexibility index (Phi) is 5.91. The van der Waals surface area contributed by atoms with Crippen molar-refractivity contribution in [3.8, 4) is 11.5 Å². The summed E-state index contributed by atoms with van der Waals surface area (Å²) >= 11 is 0. The number of esters is 1. The molecule has 0 atom stereocenters. The number of hydrogen-bond donors (Lipinski definition) is 1. The van der Waals surface area contributed by atoms with Gasteiger partial charge in [0.1, 0.15) is 18.1 Å². The van der Waals surface area contributed by atoms with Crippen molar-refractivity contribution >= 4 is 16.0 Å². The number of sulfonamides is 1. The van der Waals surface area contributed by atoms with Crippen molar-refractivity contribution in [1.29, 1.82) is 0 Å². The topological polar surface area (TPSA) is 98.5 Å². The van der Waals surface area contributed by atoms with Gasteiger partial charge in [-0.25, -0.2) is 22.9 Å². The lowest BCUT2D eigenvalue weighted by atomic mass is 10.2. The van der Waals surface area contributed by atoms with E-state index in [4.69, 9.17) is 9.15 Å². The lowest BCUT2D eigenvalue weighted by Gasteiger charge is -2.06. The van der Waals surface area contributed by atoms with Gasteiger partial charge in [0.15, 0.2) is 0 Å². The van der Waals surface area contributed by atoms with Gasteiger partial charge in [-0.05, 0) is 43.3 Å². The van der Waals surface area contributed by atoms with Crippen molar-refractivity contribution in [3.05, 3.63) is 71.6 Å². The molecule has 1 aromatic heterocycles. The molecule has 1 N–H and O–H groups in total. The van der Waals surface area contributed by atoms with Gasteiger partial charge in [0.2, 0.25) is 15.9 Å². The van der Waals surface area contributed by atoms with Crippen LogP contribution in [-0.2, 0) is 21.4 Å². The largest absolute Gasteiger partial charge is 0.455 e. The number of carbonyl (C=O) groups is 1. The molecule has 0 spiro atoms. The first-order chi connectivity index (χ1) is 13.4. The summed E-state index contributed by atoms with van der Waals surface area (Å²) < 4.78 is 37.2. The van der Waals surface area contributed by atoms with Gasteiger partial charge in [-0.2, -0.15) is 0 Å². The van der Waals surface area contributed by atoms with Crippen LogP contribution in [0.3, 0.4) is 0 Å². The molecule has 0 amide bonds. The summed E-state index contributed by atoms with van der Waals surface area (Å²) in [6.45, 7) is 3.69. The number of carbonyl (C=O) groups excluding carboxylic acids is 1. The number of hydrogen-bond acceptors (Lipinski definition) is 6. The Hall–Kier alpha value is -2.97. The van der Waals surface area contributed by atoms with Crippen LogP contribution < -0.4 is 4.72 Å². The SMILES string of the molecule is CCNS(=O)(=O)c1ccc(C(=O)OCc2nc(-c3ccccc3)oc2C)cc1. The Labute approximate surface area is 163 Å². The van der Waals surface area contributed by atoms with E-state index in [1.54, 1.807) is 13.8 Å². The smallest absolute Gasteiger partial charge is 0.338 e. The first-order valence-electron chi connectivity index (χ1n) is 8.69. The van der Waals surface area contributed by atoms with Crippen LogP contribution in [0.2, 0.25) is 0 Å². The molecule has 0 aliphatic heterocycles. The van der Waals surface area contributed by atoms with Crippen LogP contribution in [0.5, 0.6) is 0 Å².